The number of nitrogens with one attached hydrogen (secondary N) is 1. The van der Waals surface area contributed by atoms with Crippen molar-refractivity contribution in [2.24, 2.45) is 0 Å². The van der Waals surface area contributed by atoms with Crippen LogP contribution in [0.5, 0.6) is 0 Å². The van der Waals surface area contributed by atoms with E-state index < -0.39 is 0 Å². The molecule has 2 aromatic heterocycles. The first-order chi connectivity index (χ1) is 9.36. The van der Waals surface area contributed by atoms with Crippen LogP contribution in [-0.2, 0) is 12.0 Å². The van der Waals surface area contributed by atoms with Crippen LogP contribution in [0.15, 0.2) is 10.9 Å². The highest BCUT2D eigenvalue weighted by atomic mass is 32.1. The second kappa shape index (κ2) is 5.84. The Morgan fingerprint density at radius 2 is 2.15 bits per heavy atom. The van der Waals surface area contributed by atoms with Crippen molar-refractivity contribution in [1.82, 2.24) is 20.1 Å². The van der Waals surface area contributed by atoms with Gasteiger partial charge in [0.1, 0.15) is 5.01 Å². The lowest BCUT2D eigenvalue weighted by atomic mass is 9.98. The van der Waals surface area contributed by atoms with E-state index in [1.165, 1.54) is 22.7 Å². The van der Waals surface area contributed by atoms with Crippen LogP contribution < -0.4 is 5.32 Å². The van der Waals surface area contributed by atoms with E-state index in [9.17, 15) is 4.79 Å². The number of urea groups is 1. The Morgan fingerprint density at radius 1 is 1.40 bits per heavy atom. The second-order valence-corrected chi connectivity index (χ2v) is 7.12. The molecule has 0 saturated carbocycles. The van der Waals surface area contributed by atoms with E-state index in [4.69, 9.17) is 0 Å². The summed E-state index contributed by atoms with van der Waals surface area (Å²) < 4.78 is 0. The number of nitrogens with zero attached hydrogens (tertiary/aromatic N) is 4. The van der Waals surface area contributed by atoms with Gasteiger partial charge in [0, 0.05) is 17.8 Å². The van der Waals surface area contributed by atoms with Gasteiger partial charge in [0.2, 0.25) is 5.13 Å². The van der Waals surface area contributed by atoms with Crippen molar-refractivity contribution in [3.63, 3.8) is 0 Å². The molecule has 0 radical (unpaired) electrons. The summed E-state index contributed by atoms with van der Waals surface area (Å²) in [7, 11) is 1.72. The third-order valence-electron chi connectivity index (χ3n) is 2.51. The van der Waals surface area contributed by atoms with Gasteiger partial charge in [-0.1, -0.05) is 32.1 Å². The summed E-state index contributed by atoms with van der Waals surface area (Å²) in [5.41, 5.74) is 2.56. The van der Waals surface area contributed by atoms with Crippen molar-refractivity contribution in [1.29, 1.82) is 0 Å². The molecule has 2 aromatic rings. The van der Waals surface area contributed by atoms with E-state index in [1.807, 2.05) is 5.38 Å². The number of carbonyl (C=O) groups excluding carboxylic acids is 1. The minimum atomic E-state index is -0.213. The normalized spacial score (nSPS) is 11.4. The summed E-state index contributed by atoms with van der Waals surface area (Å²) in [5, 5.41) is 14.2. The molecule has 0 saturated heterocycles. The Balaban J connectivity index is 1.95. The standard InChI is InChI=1S/C12H17N5OS2/c1-12(2,3)9-15-16-10(20-9)14-11(18)17(4)5-8-6-19-7-13-8/h6-7H,5H2,1-4H3,(H,14,16,18). The molecule has 108 valence electrons. The average Bonchev–Trinajstić information content (AvgIpc) is 2.98. The molecule has 6 nitrogen and oxygen atoms in total. The van der Waals surface area contributed by atoms with Crippen LogP contribution in [0.25, 0.3) is 0 Å². The molecule has 0 unspecified atom stereocenters. The lowest BCUT2D eigenvalue weighted by Gasteiger charge is -2.15. The van der Waals surface area contributed by atoms with Gasteiger partial charge in [-0.05, 0) is 0 Å². The SMILES string of the molecule is CN(Cc1cscn1)C(=O)Nc1nnc(C(C)(C)C)s1. The first kappa shape index (κ1) is 14.9. The fraction of sp³-hybridized carbons (Fsp3) is 0.500. The van der Waals surface area contributed by atoms with Gasteiger partial charge in [-0.25, -0.2) is 9.78 Å². The van der Waals surface area contributed by atoms with Crippen molar-refractivity contribution >= 4 is 33.8 Å². The number of hydrogen-bond donors (Lipinski definition) is 1. The molecule has 0 atom stereocenters. The first-order valence-corrected chi connectivity index (χ1v) is 7.85. The van der Waals surface area contributed by atoms with Crippen LogP contribution >= 0.6 is 22.7 Å². The highest BCUT2D eigenvalue weighted by Crippen LogP contribution is 2.27. The highest BCUT2D eigenvalue weighted by Gasteiger charge is 2.20. The van der Waals surface area contributed by atoms with Crippen molar-refractivity contribution in [2.75, 3.05) is 12.4 Å². The summed E-state index contributed by atoms with van der Waals surface area (Å²) in [6.07, 6.45) is 0. The van der Waals surface area contributed by atoms with Crippen LogP contribution in [0.1, 0.15) is 31.5 Å². The molecule has 1 N–H and O–H groups in total. The maximum atomic E-state index is 12.0. The number of thiazole rings is 1. The van der Waals surface area contributed by atoms with Crippen LogP contribution in [-0.4, -0.2) is 33.2 Å². The van der Waals surface area contributed by atoms with Gasteiger partial charge in [0.25, 0.3) is 0 Å². The molecular weight excluding hydrogens is 294 g/mol. The van der Waals surface area contributed by atoms with E-state index in [-0.39, 0.29) is 11.4 Å². The van der Waals surface area contributed by atoms with E-state index in [2.05, 4.69) is 41.3 Å². The van der Waals surface area contributed by atoms with Crippen LogP contribution in [0.3, 0.4) is 0 Å². The topological polar surface area (TPSA) is 71.0 Å². The fourth-order valence-corrected chi connectivity index (χ4v) is 2.73. The summed E-state index contributed by atoms with van der Waals surface area (Å²) in [6, 6.07) is -0.213. The number of amides is 2. The Morgan fingerprint density at radius 3 is 2.70 bits per heavy atom. The molecule has 2 rings (SSSR count). The summed E-state index contributed by atoms with van der Waals surface area (Å²) >= 11 is 2.91. The summed E-state index contributed by atoms with van der Waals surface area (Å²) in [5.74, 6) is 0. The Bertz CT molecular complexity index is 573. The molecule has 8 heteroatoms. The third kappa shape index (κ3) is 3.73. The minimum Gasteiger partial charge on any atom is -0.322 e. The van der Waals surface area contributed by atoms with Crippen molar-refractivity contribution in [2.45, 2.75) is 32.7 Å². The monoisotopic (exact) mass is 311 g/mol. The molecule has 0 bridgehead atoms. The maximum Gasteiger partial charge on any atom is 0.323 e. The molecule has 2 amide bonds. The Hall–Kier alpha value is -1.54. The van der Waals surface area contributed by atoms with Crippen LogP contribution in [0, 0.1) is 0 Å². The Labute approximate surface area is 125 Å². The van der Waals surface area contributed by atoms with E-state index >= 15 is 0 Å². The van der Waals surface area contributed by atoms with E-state index in [0.717, 1.165) is 10.7 Å². The van der Waals surface area contributed by atoms with Gasteiger partial charge >= 0.3 is 6.03 Å². The predicted octanol–water partition coefficient (Wildman–Crippen LogP) is 2.96. The van der Waals surface area contributed by atoms with Gasteiger partial charge in [-0.2, -0.15) is 0 Å². The molecule has 0 fully saturated rings. The first-order valence-electron chi connectivity index (χ1n) is 6.09. The van der Waals surface area contributed by atoms with E-state index in [1.54, 1.807) is 17.5 Å². The van der Waals surface area contributed by atoms with Gasteiger partial charge in [0.15, 0.2) is 0 Å². The quantitative estimate of drug-likeness (QED) is 0.946. The second-order valence-electron chi connectivity index (χ2n) is 5.43. The number of hydrogen-bond acceptors (Lipinski definition) is 6. The number of carbonyl (C=O) groups is 1. The Kier molecular flexibility index (Phi) is 4.34. The molecule has 2 heterocycles. The fourth-order valence-electron chi connectivity index (χ4n) is 1.39. The smallest absolute Gasteiger partial charge is 0.322 e. The van der Waals surface area contributed by atoms with Gasteiger partial charge in [-0.15, -0.1) is 21.5 Å². The van der Waals surface area contributed by atoms with Crippen molar-refractivity contribution < 1.29 is 4.79 Å². The zero-order valence-corrected chi connectivity index (χ0v) is 13.5. The summed E-state index contributed by atoms with van der Waals surface area (Å²) in [4.78, 5) is 17.7. The molecule has 0 spiro atoms. The zero-order valence-electron chi connectivity index (χ0n) is 11.9. The van der Waals surface area contributed by atoms with Gasteiger partial charge in [-0.3, -0.25) is 5.32 Å². The molecule has 0 aliphatic carbocycles. The molecule has 20 heavy (non-hydrogen) atoms. The van der Waals surface area contributed by atoms with Crippen LogP contribution in [0.4, 0.5) is 9.93 Å². The van der Waals surface area contributed by atoms with Crippen molar-refractivity contribution in [3.8, 4) is 0 Å². The highest BCUT2D eigenvalue weighted by molar-refractivity contribution is 7.15. The van der Waals surface area contributed by atoms with Crippen LogP contribution in [0.2, 0.25) is 0 Å². The summed E-state index contributed by atoms with van der Waals surface area (Å²) in [6.45, 7) is 6.66. The largest absolute Gasteiger partial charge is 0.323 e. The van der Waals surface area contributed by atoms with E-state index in [0.29, 0.717) is 11.7 Å². The molecule has 0 aromatic carbocycles. The predicted molar refractivity (Wildman–Crippen MR) is 81.2 cm³/mol. The number of anilines is 1. The van der Waals surface area contributed by atoms with Crippen molar-refractivity contribution in [3.05, 3.63) is 21.6 Å². The average molecular weight is 311 g/mol. The van der Waals surface area contributed by atoms with Gasteiger partial charge < -0.3 is 4.90 Å². The number of rotatable bonds is 3. The molecule has 0 aliphatic rings. The zero-order chi connectivity index (χ0) is 14.8. The third-order valence-corrected chi connectivity index (χ3v) is 4.41. The maximum absolute atomic E-state index is 12.0. The van der Waals surface area contributed by atoms with Gasteiger partial charge in [0.05, 0.1) is 17.7 Å². The lowest BCUT2D eigenvalue weighted by molar-refractivity contribution is 0.220. The molecule has 0 aliphatic heterocycles. The molecular formula is C12H17N5OS2. The minimum absolute atomic E-state index is 0.0624. The number of aromatic nitrogens is 3. The lowest BCUT2D eigenvalue weighted by Crippen LogP contribution is -2.30.